The van der Waals surface area contributed by atoms with Gasteiger partial charge in [0.05, 0.1) is 25.2 Å². The summed E-state index contributed by atoms with van der Waals surface area (Å²) >= 11 is 10.1. The van der Waals surface area contributed by atoms with Crippen LogP contribution in [0.1, 0.15) is 61.2 Å². The summed E-state index contributed by atoms with van der Waals surface area (Å²) in [6, 6.07) is 14.9. The number of halogens is 2. The molecule has 0 bridgehead atoms. The van der Waals surface area contributed by atoms with Gasteiger partial charge in [0.2, 0.25) is 5.91 Å². The number of nitrogens with zero attached hydrogens (tertiary/aromatic N) is 6. The van der Waals surface area contributed by atoms with Crippen molar-refractivity contribution in [3.63, 3.8) is 0 Å². The smallest absolute Gasteiger partial charge is 0.411 e. The van der Waals surface area contributed by atoms with E-state index in [-0.39, 0.29) is 11.9 Å². The molecule has 2 atom stereocenters. The Morgan fingerprint density at radius 3 is 2.56 bits per heavy atom. The van der Waals surface area contributed by atoms with Crippen molar-refractivity contribution in [3.05, 3.63) is 111 Å². The van der Waals surface area contributed by atoms with Gasteiger partial charge in [0, 0.05) is 67.4 Å². The lowest BCUT2D eigenvalue weighted by molar-refractivity contribution is -0.140. The van der Waals surface area contributed by atoms with Crippen molar-refractivity contribution in [1.82, 2.24) is 29.2 Å². The number of amides is 2. The molecular weight excluding hydrogens is 720 g/mol. The maximum atomic E-state index is 14.9. The maximum Gasteiger partial charge on any atom is 0.411 e. The van der Waals surface area contributed by atoms with Crippen LogP contribution in [0.3, 0.4) is 0 Å². The van der Waals surface area contributed by atoms with Gasteiger partial charge in [-0.05, 0) is 109 Å². The number of carbonyl (C=O) groups is 2. The number of rotatable bonds is 9. The van der Waals surface area contributed by atoms with Crippen LogP contribution in [-0.4, -0.2) is 86.2 Å². The third kappa shape index (κ3) is 8.50. The Kier molecular flexibility index (Phi) is 11.1. The highest BCUT2D eigenvalue weighted by Gasteiger charge is 2.43. The van der Waals surface area contributed by atoms with E-state index >= 15 is 0 Å². The zero-order valence-corrected chi connectivity index (χ0v) is 31.4. The van der Waals surface area contributed by atoms with E-state index in [1.807, 2.05) is 79.0 Å². The molecule has 1 saturated heterocycles. The highest BCUT2D eigenvalue weighted by atomic mass is 79.9. The van der Waals surface area contributed by atoms with Crippen molar-refractivity contribution in [3.8, 4) is 5.75 Å². The van der Waals surface area contributed by atoms with Gasteiger partial charge < -0.3 is 18.9 Å². The van der Waals surface area contributed by atoms with Crippen molar-refractivity contribution in [2.24, 2.45) is 0 Å². The zero-order valence-electron chi connectivity index (χ0n) is 29.0. The normalized spacial score (nSPS) is 17.8. The Morgan fingerprint density at radius 2 is 1.84 bits per heavy atom. The second kappa shape index (κ2) is 15.5. The fourth-order valence-corrected chi connectivity index (χ4v) is 7.44. The number of ether oxygens (including phenoxy) is 2. The summed E-state index contributed by atoms with van der Waals surface area (Å²) in [5.74, 6) is 0.618. The number of carbonyl (C=O) groups excluding carboxylic acids is 2. The summed E-state index contributed by atoms with van der Waals surface area (Å²) in [6.07, 6.45) is 9.15. The molecule has 2 amide bonds. The van der Waals surface area contributed by atoms with Crippen LogP contribution >= 0.6 is 27.5 Å². The summed E-state index contributed by atoms with van der Waals surface area (Å²) in [4.78, 5) is 43.7. The monoisotopic (exact) mass is 762 g/mol. The van der Waals surface area contributed by atoms with Crippen LogP contribution in [0.5, 0.6) is 5.75 Å². The minimum Gasteiger partial charge on any atom is -0.497 e. The first-order valence-electron chi connectivity index (χ1n) is 17.0. The topological polar surface area (TPSA) is 93.0 Å². The predicted molar refractivity (Wildman–Crippen MR) is 196 cm³/mol. The first-order valence-corrected chi connectivity index (χ1v) is 18.2. The Morgan fingerprint density at radius 1 is 1.06 bits per heavy atom. The molecular formula is C38H44BrClN6O4. The minimum absolute atomic E-state index is 0.129. The van der Waals surface area contributed by atoms with Gasteiger partial charge in [-0.3, -0.25) is 19.6 Å². The summed E-state index contributed by atoms with van der Waals surface area (Å²) in [5, 5.41) is 0.690. The third-order valence-corrected chi connectivity index (χ3v) is 9.90. The number of benzene rings is 2. The molecule has 264 valence electrons. The number of imidazole rings is 1. The molecule has 4 aromatic rings. The number of pyridine rings is 1. The number of piperazine rings is 1. The van der Waals surface area contributed by atoms with Crippen LogP contribution in [0.2, 0.25) is 5.02 Å². The van der Waals surface area contributed by atoms with Gasteiger partial charge in [-0.15, -0.1) is 0 Å². The first kappa shape index (κ1) is 35.9. The molecule has 12 heteroatoms. The molecule has 1 unspecified atom stereocenters. The van der Waals surface area contributed by atoms with E-state index in [0.717, 1.165) is 51.0 Å². The van der Waals surface area contributed by atoms with Gasteiger partial charge in [0.25, 0.3) is 0 Å². The number of aryl methyl sites for hydroxylation is 3. The van der Waals surface area contributed by atoms with Crippen LogP contribution in [0.4, 0.5) is 4.79 Å². The molecule has 1 aliphatic heterocycles. The van der Waals surface area contributed by atoms with E-state index in [2.05, 4.69) is 37.9 Å². The van der Waals surface area contributed by atoms with Gasteiger partial charge in [0.1, 0.15) is 17.4 Å². The Bertz CT molecular complexity index is 1740. The second-order valence-corrected chi connectivity index (χ2v) is 15.2. The molecule has 2 aromatic heterocycles. The Labute approximate surface area is 307 Å². The molecule has 1 aliphatic carbocycles. The van der Waals surface area contributed by atoms with Crippen molar-refractivity contribution in [2.45, 2.75) is 70.8 Å². The van der Waals surface area contributed by atoms with Gasteiger partial charge in [-0.1, -0.05) is 29.8 Å². The fourth-order valence-electron chi connectivity index (χ4n) is 6.86. The molecule has 50 heavy (non-hydrogen) atoms. The fraction of sp³-hybridized carbons (Fsp3) is 0.421. The van der Waals surface area contributed by atoms with Gasteiger partial charge in [0.15, 0.2) is 0 Å². The molecule has 2 aliphatic rings. The van der Waals surface area contributed by atoms with Gasteiger partial charge in [-0.2, -0.15) is 0 Å². The van der Waals surface area contributed by atoms with Crippen LogP contribution in [-0.2, 0) is 35.5 Å². The quantitative estimate of drug-likeness (QED) is 0.183. The number of hydrogen-bond acceptors (Lipinski definition) is 7. The highest BCUT2D eigenvalue weighted by Crippen LogP contribution is 2.39. The van der Waals surface area contributed by atoms with Crippen molar-refractivity contribution >= 4 is 39.5 Å². The number of fused-ring (bicyclic) bond motifs is 2. The largest absolute Gasteiger partial charge is 0.497 e. The molecule has 1 fully saturated rings. The molecule has 0 N–H and O–H groups in total. The van der Waals surface area contributed by atoms with Gasteiger partial charge in [-0.25, -0.2) is 9.78 Å². The Balaban J connectivity index is 1.36. The van der Waals surface area contributed by atoms with Crippen LogP contribution in [0, 0.1) is 0 Å². The Hall–Kier alpha value is -3.93. The molecule has 10 nitrogen and oxygen atoms in total. The molecule has 3 heterocycles. The van der Waals surface area contributed by atoms with Crippen molar-refractivity contribution < 1.29 is 19.1 Å². The van der Waals surface area contributed by atoms with Crippen LogP contribution in [0.15, 0.2) is 77.9 Å². The number of hydrogen-bond donors (Lipinski definition) is 0. The summed E-state index contributed by atoms with van der Waals surface area (Å²) < 4.78 is 14.2. The van der Waals surface area contributed by atoms with Crippen molar-refractivity contribution in [2.75, 3.05) is 33.3 Å². The average molecular weight is 764 g/mol. The number of methoxy groups -OCH3 is 1. The SMILES string of the molecule is COc1ccc(CN(CCCn2ccnc2)C(=O)[C@H]2CN(C3c4ccc(Cl)cc4CCc4cc(Br)cnc43)CCN2C(=O)OC(C)(C)C)cc1. The van der Waals surface area contributed by atoms with Crippen LogP contribution < -0.4 is 4.74 Å². The standard InChI is InChI=1S/C38H44BrClN6O4/c1-38(2,3)50-37(48)46-19-18-44(35-32-13-10-30(40)21-27(32)8-9-28-20-29(39)22-42-34(28)35)24-33(46)36(47)45(16-5-15-43-17-14-41-25-43)23-26-6-11-31(49-4)12-7-26/h6-7,10-14,17,20-22,25,33,35H,5,8-9,15-16,18-19,23-24H2,1-4H3/t33-,35?/m1/s1. The van der Waals surface area contributed by atoms with E-state index in [1.165, 1.54) is 0 Å². The third-order valence-electron chi connectivity index (χ3n) is 9.23. The summed E-state index contributed by atoms with van der Waals surface area (Å²) in [5.41, 5.74) is 4.64. The molecule has 0 spiro atoms. The molecule has 0 radical (unpaired) electrons. The van der Waals surface area contributed by atoms with E-state index in [0.29, 0.717) is 50.7 Å². The van der Waals surface area contributed by atoms with E-state index < -0.39 is 17.7 Å². The minimum atomic E-state index is -0.789. The van der Waals surface area contributed by atoms with Crippen LogP contribution in [0.25, 0.3) is 0 Å². The summed E-state index contributed by atoms with van der Waals surface area (Å²) in [7, 11) is 1.63. The average Bonchev–Trinajstić information content (AvgIpc) is 3.56. The molecule has 6 rings (SSSR count). The van der Waals surface area contributed by atoms with Crippen molar-refractivity contribution in [1.29, 1.82) is 0 Å². The highest BCUT2D eigenvalue weighted by molar-refractivity contribution is 9.10. The molecule has 2 aromatic carbocycles. The lowest BCUT2D eigenvalue weighted by atomic mass is 9.95. The predicted octanol–water partition coefficient (Wildman–Crippen LogP) is 6.93. The first-order chi connectivity index (χ1) is 24.0. The number of aromatic nitrogens is 3. The lowest BCUT2D eigenvalue weighted by Gasteiger charge is -2.45. The molecule has 0 saturated carbocycles. The summed E-state index contributed by atoms with van der Waals surface area (Å²) in [6.45, 7) is 8.28. The van der Waals surface area contributed by atoms with E-state index in [1.54, 1.807) is 24.5 Å². The van der Waals surface area contributed by atoms with E-state index in [9.17, 15) is 9.59 Å². The maximum absolute atomic E-state index is 14.9. The lowest BCUT2D eigenvalue weighted by Crippen LogP contribution is -2.62. The van der Waals surface area contributed by atoms with Gasteiger partial charge >= 0.3 is 6.09 Å². The van der Waals surface area contributed by atoms with E-state index in [4.69, 9.17) is 26.1 Å². The zero-order chi connectivity index (χ0) is 35.4. The second-order valence-electron chi connectivity index (χ2n) is 13.9.